The topological polar surface area (TPSA) is 52.7 Å². The zero-order chi connectivity index (χ0) is 17.1. The van der Waals surface area contributed by atoms with Gasteiger partial charge in [-0.2, -0.15) is 0 Å². The van der Waals surface area contributed by atoms with Crippen molar-refractivity contribution >= 4 is 11.8 Å². The van der Waals surface area contributed by atoms with Crippen molar-refractivity contribution in [2.75, 3.05) is 0 Å². The van der Waals surface area contributed by atoms with Gasteiger partial charge in [-0.15, -0.1) is 10.2 Å². The molecule has 124 valence electrons. The highest BCUT2D eigenvalue weighted by Gasteiger charge is 2.15. The molecule has 0 atom stereocenters. The Balaban J connectivity index is 1.85. The number of rotatable bonds is 5. The number of pyridine rings is 1. The average Bonchev–Trinajstić information content (AvgIpc) is 2.94. The molecule has 5 nitrogen and oxygen atoms in total. The highest BCUT2D eigenvalue weighted by molar-refractivity contribution is 7.98. The quantitative estimate of drug-likeness (QED) is 0.668. The molecular formula is C17H17FN4OS. The summed E-state index contributed by atoms with van der Waals surface area (Å²) in [4.78, 5) is 12.4. The lowest BCUT2D eigenvalue weighted by Crippen LogP contribution is -2.20. The Kier molecular flexibility index (Phi) is 4.80. The molecule has 0 aliphatic heterocycles. The molecule has 0 bridgehead atoms. The molecule has 0 aliphatic carbocycles. The van der Waals surface area contributed by atoms with E-state index in [1.807, 2.05) is 26.1 Å². The van der Waals surface area contributed by atoms with Gasteiger partial charge in [0.25, 0.3) is 5.56 Å². The van der Waals surface area contributed by atoms with E-state index >= 15 is 0 Å². The fourth-order valence-electron chi connectivity index (χ4n) is 2.41. The SMILES string of the molecule is CCn1cccc(-c2nnc(SCc3cccc(F)c3)n2C)c1=O. The normalized spacial score (nSPS) is 11.0. The Hall–Kier alpha value is -2.41. The monoisotopic (exact) mass is 344 g/mol. The van der Waals surface area contributed by atoms with Crippen LogP contribution in [0.4, 0.5) is 4.39 Å². The van der Waals surface area contributed by atoms with Crippen LogP contribution >= 0.6 is 11.8 Å². The van der Waals surface area contributed by atoms with Crippen LogP contribution < -0.4 is 5.56 Å². The fraction of sp³-hybridized carbons (Fsp3) is 0.235. The predicted molar refractivity (Wildman–Crippen MR) is 92.3 cm³/mol. The first-order valence-corrected chi connectivity index (χ1v) is 8.55. The molecular weight excluding hydrogens is 327 g/mol. The van der Waals surface area contributed by atoms with Crippen LogP contribution in [0.25, 0.3) is 11.4 Å². The second-order valence-corrected chi connectivity index (χ2v) is 6.24. The molecule has 24 heavy (non-hydrogen) atoms. The Morgan fingerprint density at radius 1 is 1.21 bits per heavy atom. The second kappa shape index (κ2) is 7.00. The van der Waals surface area contributed by atoms with Crippen LogP contribution in [0.2, 0.25) is 0 Å². The third-order valence-corrected chi connectivity index (χ3v) is 4.79. The molecule has 0 fully saturated rings. The molecule has 0 aliphatic rings. The van der Waals surface area contributed by atoms with Gasteiger partial charge < -0.3 is 9.13 Å². The van der Waals surface area contributed by atoms with E-state index < -0.39 is 0 Å². The molecule has 0 N–H and O–H groups in total. The van der Waals surface area contributed by atoms with Gasteiger partial charge in [-0.25, -0.2) is 4.39 Å². The molecule has 0 saturated carbocycles. The number of aryl methyl sites for hydroxylation is 1. The second-order valence-electron chi connectivity index (χ2n) is 5.30. The van der Waals surface area contributed by atoms with Crippen molar-refractivity contribution in [3.63, 3.8) is 0 Å². The van der Waals surface area contributed by atoms with Gasteiger partial charge >= 0.3 is 0 Å². The Morgan fingerprint density at radius 2 is 2.04 bits per heavy atom. The maximum Gasteiger partial charge on any atom is 0.261 e. The Bertz CT molecular complexity index is 919. The zero-order valence-corrected chi connectivity index (χ0v) is 14.3. The first kappa shape index (κ1) is 16.4. The van der Waals surface area contributed by atoms with Crippen LogP contribution in [0.15, 0.2) is 52.5 Å². The highest BCUT2D eigenvalue weighted by Crippen LogP contribution is 2.24. The molecule has 2 aromatic heterocycles. The van der Waals surface area contributed by atoms with E-state index in [9.17, 15) is 9.18 Å². The molecule has 0 radical (unpaired) electrons. The lowest BCUT2D eigenvalue weighted by molar-refractivity contribution is 0.626. The van der Waals surface area contributed by atoms with E-state index in [1.54, 1.807) is 27.5 Å². The number of hydrogen-bond acceptors (Lipinski definition) is 4. The molecule has 3 aromatic rings. The average molecular weight is 344 g/mol. The van der Waals surface area contributed by atoms with Crippen LogP contribution in [0.5, 0.6) is 0 Å². The molecule has 0 amide bonds. The summed E-state index contributed by atoms with van der Waals surface area (Å²) in [7, 11) is 1.83. The van der Waals surface area contributed by atoms with E-state index in [0.717, 1.165) is 5.56 Å². The number of hydrogen-bond donors (Lipinski definition) is 0. The molecule has 2 heterocycles. The molecule has 0 spiro atoms. The number of benzene rings is 1. The van der Waals surface area contributed by atoms with Crippen molar-refractivity contribution in [3.8, 4) is 11.4 Å². The van der Waals surface area contributed by atoms with Gasteiger partial charge in [-0.1, -0.05) is 23.9 Å². The van der Waals surface area contributed by atoms with E-state index in [4.69, 9.17) is 0 Å². The van der Waals surface area contributed by atoms with Gasteiger partial charge in [0, 0.05) is 25.5 Å². The van der Waals surface area contributed by atoms with Crippen LogP contribution in [0.3, 0.4) is 0 Å². The number of thioether (sulfide) groups is 1. The maximum absolute atomic E-state index is 13.2. The third kappa shape index (κ3) is 3.26. The van der Waals surface area contributed by atoms with Gasteiger partial charge in [0.15, 0.2) is 11.0 Å². The zero-order valence-electron chi connectivity index (χ0n) is 13.4. The number of aromatic nitrogens is 4. The summed E-state index contributed by atoms with van der Waals surface area (Å²) in [6.45, 7) is 2.52. The summed E-state index contributed by atoms with van der Waals surface area (Å²) >= 11 is 1.45. The van der Waals surface area contributed by atoms with Crippen molar-refractivity contribution in [1.29, 1.82) is 0 Å². The van der Waals surface area contributed by atoms with Crippen molar-refractivity contribution in [2.45, 2.75) is 24.4 Å². The van der Waals surface area contributed by atoms with Crippen molar-refractivity contribution < 1.29 is 4.39 Å². The van der Waals surface area contributed by atoms with Gasteiger partial charge in [-0.05, 0) is 36.8 Å². The van der Waals surface area contributed by atoms with Gasteiger partial charge in [0.05, 0.1) is 5.56 Å². The van der Waals surface area contributed by atoms with E-state index in [0.29, 0.717) is 28.8 Å². The van der Waals surface area contributed by atoms with Crippen LogP contribution in [-0.2, 0) is 19.3 Å². The minimum Gasteiger partial charge on any atom is -0.315 e. The molecule has 0 unspecified atom stereocenters. The van der Waals surface area contributed by atoms with E-state index in [2.05, 4.69) is 10.2 Å². The molecule has 0 saturated heterocycles. The highest BCUT2D eigenvalue weighted by atomic mass is 32.2. The Labute approximate surface area is 143 Å². The summed E-state index contributed by atoms with van der Waals surface area (Å²) in [6, 6.07) is 10.0. The summed E-state index contributed by atoms with van der Waals surface area (Å²) in [5.41, 5.74) is 1.31. The van der Waals surface area contributed by atoms with Crippen molar-refractivity contribution in [2.24, 2.45) is 7.05 Å². The molecule has 1 aromatic carbocycles. The molecule has 7 heteroatoms. The van der Waals surface area contributed by atoms with Crippen LogP contribution in [-0.4, -0.2) is 19.3 Å². The number of halogens is 1. The fourth-order valence-corrected chi connectivity index (χ4v) is 3.26. The van der Waals surface area contributed by atoms with Gasteiger partial charge in [0.1, 0.15) is 5.82 Å². The maximum atomic E-state index is 13.2. The standard InChI is InChI=1S/C17H17FN4OS/c1-3-22-9-5-8-14(16(22)23)15-19-20-17(21(15)2)24-11-12-6-4-7-13(18)10-12/h4-10H,3,11H2,1-2H3. The van der Waals surface area contributed by atoms with Gasteiger partial charge in [0.2, 0.25) is 0 Å². The minimum atomic E-state index is -0.254. The summed E-state index contributed by atoms with van der Waals surface area (Å²) in [6.07, 6.45) is 1.75. The number of nitrogens with zero attached hydrogens (tertiary/aromatic N) is 4. The van der Waals surface area contributed by atoms with E-state index in [1.165, 1.54) is 23.9 Å². The van der Waals surface area contributed by atoms with Gasteiger partial charge in [-0.3, -0.25) is 4.79 Å². The summed E-state index contributed by atoms with van der Waals surface area (Å²) in [5, 5.41) is 9.00. The lowest BCUT2D eigenvalue weighted by atomic mass is 10.2. The van der Waals surface area contributed by atoms with E-state index in [-0.39, 0.29) is 11.4 Å². The first-order chi connectivity index (χ1) is 11.6. The summed E-state index contributed by atoms with van der Waals surface area (Å²) in [5.74, 6) is 0.859. The van der Waals surface area contributed by atoms with Crippen LogP contribution in [0, 0.1) is 5.82 Å². The first-order valence-electron chi connectivity index (χ1n) is 7.56. The minimum absolute atomic E-state index is 0.0859. The predicted octanol–water partition coefficient (Wildman–Crippen LogP) is 3.10. The smallest absolute Gasteiger partial charge is 0.261 e. The van der Waals surface area contributed by atoms with Crippen LogP contribution in [0.1, 0.15) is 12.5 Å². The third-order valence-electron chi connectivity index (χ3n) is 3.69. The van der Waals surface area contributed by atoms with Crippen molar-refractivity contribution in [1.82, 2.24) is 19.3 Å². The largest absolute Gasteiger partial charge is 0.315 e. The molecule has 3 rings (SSSR count). The Morgan fingerprint density at radius 3 is 2.79 bits per heavy atom. The summed E-state index contributed by atoms with van der Waals surface area (Å²) < 4.78 is 16.7. The van der Waals surface area contributed by atoms with Crippen molar-refractivity contribution in [3.05, 3.63) is 64.3 Å². The lowest BCUT2D eigenvalue weighted by Gasteiger charge is -2.06.